The molecule has 0 radical (unpaired) electrons. The summed E-state index contributed by atoms with van der Waals surface area (Å²) in [6.07, 6.45) is 9.14. The molecule has 2 saturated carbocycles. The summed E-state index contributed by atoms with van der Waals surface area (Å²) < 4.78 is 1.82. The number of carbonyl (C=O) groups excluding carboxylic acids is 1. The number of aryl methyl sites for hydroxylation is 3. The summed E-state index contributed by atoms with van der Waals surface area (Å²) in [7, 11) is 1.93. The molecule has 1 aromatic carbocycles. The van der Waals surface area contributed by atoms with Crippen LogP contribution in [0, 0.1) is 24.2 Å². The third-order valence-corrected chi connectivity index (χ3v) is 7.73. The van der Waals surface area contributed by atoms with Crippen molar-refractivity contribution >= 4 is 11.9 Å². The number of hydrogen-bond donors (Lipinski definition) is 1. The van der Waals surface area contributed by atoms with E-state index in [9.17, 15) is 9.90 Å². The average molecular weight is 377 g/mol. The largest absolute Gasteiger partial charge is 0.508 e. The Hall–Kier alpha value is -2.36. The second-order valence-electron chi connectivity index (χ2n) is 9.30. The number of allylic oxidation sites excluding steroid dienone is 1. The Bertz CT molecular complexity index is 1000. The van der Waals surface area contributed by atoms with Crippen molar-refractivity contribution in [2.75, 3.05) is 0 Å². The normalized spacial score (nSPS) is 32.9. The highest BCUT2D eigenvalue weighted by atomic mass is 16.3. The van der Waals surface area contributed by atoms with Gasteiger partial charge in [-0.15, -0.1) is 0 Å². The van der Waals surface area contributed by atoms with E-state index in [1.54, 1.807) is 0 Å². The fourth-order valence-electron chi connectivity index (χ4n) is 6.32. The first-order valence-corrected chi connectivity index (χ1v) is 10.4. The Kier molecular flexibility index (Phi) is 3.84. The maximum Gasteiger partial charge on any atom is 0.165 e. The average Bonchev–Trinajstić information content (AvgIpc) is 3.11. The molecule has 0 saturated heterocycles. The van der Waals surface area contributed by atoms with Crippen molar-refractivity contribution < 1.29 is 9.90 Å². The van der Waals surface area contributed by atoms with E-state index < -0.39 is 0 Å². The predicted molar refractivity (Wildman–Crippen MR) is 109 cm³/mol. The molecule has 28 heavy (non-hydrogen) atoms. The molecule has 3 aliphatic rings. The number of carbonyl (C=O) groups is 1. The summed E-state index contributed by atoms with van der Waals surface area (Å²) in [6.45, 7) is 4.21. The maximum atomic E-state index is 13.4. The van der Waals surface area contributed by atoms with Crippen LogP contribution < -0.4 is 0 Å². The number of aromatic nitrogens is 2. The zero-order valence-electron chi connectivity index (χ0n) is 16.9. The molecule has 1 aromatic heterocycles. The lowest BCUT2D eigenvalue weighted by atomic mass is 9.55. The van der Waals surface area contributed by atoms with Crippen LogP contribution in [0.25, 0.3) is 6.08 Å². The number of nitrogens with zero attached hydrogens (tertiary/aromatic N) is 2. The van der Waals surface area contributed by atoms with Gasteiger partial charge in [-0.2, -0.15) is 5.10 Å². The number of rotatable bonds is 1. The van der Waals surface area contributed by atoms with Gasteiger partial charge in [0.05, 0.1) is 5.69 Å². The van der Waals surface area contributed by atoms with Gasteiger partial charge in [-0.3, -0.25) is 9.48 Å². The third kappa shape index (κ3) is 2.50. The Morgan fingerprint density at radius 1 is 1.32 bits per heavy atom. The van der Waals surface area contributed by atoms with Crippen LogP contribution in [0.15, 0.2) is 30.0 Å². The molecule has 0 unspecified atom stereocenters. The lowest BCUT2D eigenvalue weighted by Gasteiger charge is -2.48. The molecule has 2 aromatic rings. The van der Waals surface area contributed by atoms with E-state index in [0.29, 0.717) is 29.3 Å². The van der Waals surface area contributed by atoms with Gasteiger partial charge < -0.3 is 5.11 Å². The van der Waals surface area contributed by atoms with Gasteiger partial charge in [0.25, 0.3) is 0 Å². The number of ketones is 1. The fraction of sp³-hybridized carbons (Fsp3) is 0.500. The monoisotopic (exact) mass is 376 g/mol. The molecule has 0 amide bonds. The standard InChI is InChI=1S/C24H28N2O2/c1-14-17(13-26(3)25-14)10-16-12-22-21-6-4-15-11-18(27)5-7-19(15)20(21)8-9-24(22,2)23(16)28/h5,7,10-11,13,20-22,27H,4,6,8-9,12H2,1-3H3/b16-10+/t20-,21-,22-,24-/m1/s1. The van der Waals surface area contributed by atoms with Crippen molar-refractivity contribution in [3.05, 3.63) is 52.4 Å². The number of fused-ring (bicyclic) bond motifs is 5. The summed E-state index contributed by atoms with van der Waals surface area (Å²) in [4.78, 5) is 13.4. The number of phenolic OH excluding ortho intramolecular Hbond substituents is 1. The van der Waals surface area contributed by atoms with Crippen molar-refractivity contribution in [2.24, 2.45) is 24.3 Å². The van der Waals surface area contributed by atoms with Gasteiger partial charge in [0.2, 0.25) is 0 Å². The quantitative estimate of drug-likeness (QED) is 0.743. The second-order valence-corrected chi connectivity index (χ2v) is 9.30. The van der Waals surface area contributed by atoms with Crippen LogP contribution in [0.4, 0.5) is 0 Å². The van der Waals surface area contributed by atoms with Crippen molar-refractivity contribution in [1.29, 1.82) is 0 Å². The molecule has 0 bridgehead atoms. The molecule has 146 valence electrons. The molecule has 4 nitrogen and oxygen atoms in total. The molecular weight excluding hydrogens is 348 g/mol. The van der Waals surface area contributed by atoms with Gasteiger partial charge in [0.15, 0.2) is 5.78 Å². The Morgan fingerprint density at radius 2 is 2.14 bits per heavy atom. The van der Waals surface area contributed by atoms with Gasteiger partial charge in [0, 0.05) is 24.2 Å². The van der Waals surface area contributed by atoms with Gasteiger partial charge in [-0.1, -0.05) is 13.0 Å². The molecule has 0 spiro atoms. The van der Waals surface area contributed by atoms with E-state index in [0.717, 1.165) is 48.9 Å². The minimum atomic E-state index is -0.225. The van der Waals surface area contributed by atoms with E-state index in [4.69, 9.17) is 0 Å². The fourth-order valence-corrected chi connectivity index (χ4v) is 6.32. The number of phenols is 1. The summed E-state index contributed by atoms with van der Waals surface area (Å²) in [5.41, 5.74) is 5.51. The topological polar surface area (TPSA) is 55.1 Å². The maximum absolute atomic E-state index is 13.4. The first-order chi connectivity index (χ1) is 13.4. The van der Waals surface area contributed by atoms with E-state index in [2.05, 4.69) is 24.2 Å². The van der Waals surface area contributed by atoms with Crippen LogP contribution in [0.3, 0.4) is 0 Å². The third-order valence-electron chi connectivity index (χ3n) is 7.73. The summed E-state index contributed by atoms with van der Waals surface area (Å²) in [5.74, 6) is 2.22. The van der Waals surface area contributed by atoms with Crippen LogP contribution in [0.5, 0.6) is 5.75 Å². The number of aromatic hydroxyl groups is 1. The Balaban J connectivity index is 1.50. The van der Waals surface area contributed by atoms with Crippen LogP contribution in [-0.2, 0) is 18.3 Å². The van der Waals surface area contributed by atoms with Gasteiger partial charge in [0.1, 0.15) is 5.75 Å². The SMILES string of the molecule is Cc1nn(C)cc1/C=C1\C[C@@H]2[C@@H]3CCc4cc(O)ccc4[C@H]3CC[C@@]2(C)C1=O. The molecule has 0 aliphatic heterocycles. The zero-order chi connectivity index (χ0) is 19.6. The Morgan fingerprint density at radius 3 is 2.89 bits per heavy atom. The minimum Gasteiger partial charge on any atom is -0.508 e. The summed E-state index contributed by atoms with van der Waals surface area (Å²) in [6, 6.07) is 5.89. The molecule has 3 aliphatic carbocycles. The highest BCUT2D eigenvalue weighted by Crippen LogP contribution is 2.60. The number of hydrogen-bond acceptors (Lipinski definition) is 3. The van der Waals surface area contributed by atoms with Crippen molar-refractivity contribution in [1.82, 2.24) is 9.78 Å². The molecule has 5 rings (SSSR count). The zero-order valence-corrected chi connectivity index (χ0v) is 16.9. The lowest BCUT2D eigenvalue weighted by Crippen LogP contribution is -2.42. The smallest absolute Gasteiger partial charge is 0.165 e. The second kappa shape index (κ2) is 6.07. The summed E-state index contributed by atoms with van der Waals surface area (Å²) >= 11 is 0. The van der Waals surface area contributed by atoms with E-state index in [1.165, 1.54) is 11.1 Å². The predicted octanol–water partition coefficient (Wildman–Crippen LogP) is 4.55. The minimum absolute atomic E-state index is 0.225. The molecular formula is C24H28N2O2. The molecule has 1 heterocycles. The van der Waals surface area contributed by atoms with Crippen LogP contribution >= 0.6 is 0 Å². The van der Waals surface area contributed by atoms with E-state index in [1.807, 2.05) is 37.0 Å². The van der Waals surface area contributed by atoms with E-state index in [-0.39, 0.29) is 5.41 Å². The van der Waals surface area contributed by atoms with Crippen molar-refractivity contribution in [3.63, 3.8) is 0 Å². The van der Waals surface area contributed by atoms with E-state index >= 15 is 0 Å². The Labute approximate surface area is 166 Å². The van der Waals surface area contributed by atoms with Crippen molar-refractivity contribution in [3.8, 4) is 5.75 Å². The lowest BCUT2D eigenvalue weighted by molar-refractivity contribution is -0.127. The van der Waals surface area contributed by atoms with Crippen LogP contribution in [0.1, 0.15) is 60.9 Å². The molecule has 2 fully saturated rings. The molecule has 4 heteroatoms. The van der Waals surface area contributed by atoms with Crippen molar-refractivity contribution in [2.45, 2.75) is 51.9 Å². The number of benzene rings is 1. The first kappa shape index (κ1) is 17.7. The summed E-state index contributed by atoms with van der Waals surface area (Å²) in [5, 5.41) is 14.3. The highest BCUT2D eigenvalue weighted by Gasteiger charge is 2.56. The number of Topliss-reactive ketones (excluding diaryl/α,β-unsaturated/α-hetero) is 1. The van der Waals surface area contributed by atoms with Gasteiger partial charge >= 0.3 is 0 Å². The molecule has 4 atom stereocenters. The first-order valence-electron chi connectivity index (χ1n) is 10.4. The highest BCUT2D eigenvalue weighted by molar-refractivity contribution is 6.06. The van der Waals surface area contributed by atoms with Crippen LogP contribution in [-0.4, -0.2) is 20.7 Å². The van der Waals surface area contributed by atoms with Crippen LogP contribution in [0.2, 0.25) is 0 Å². The van der Waals surface area contributed by atoms with Gasteiger partial charge in [-0.05, 0) is 91.7 Å². The molecule has 1 N–H and O–H groups in total. The van der Waals surface area contributed by atoms with Gasteiger partial charge in [-0.25, -0.2) is 0 Å².